The van der Waals surface area contributed by atoms with Crippen LogP contribution in [0.4, 0.5) is 0 Å². The Morgan fingerprint density at radius 3 is 2.50 bits per heavy atom. The van der Waals surface area contributed by atoms with Crippen LogP contribution in [0.2, 0.25) is 0 Å². The first-order valence-corrected chi connectivity index (χ1v) is 11.1. The highest BCUT2D eigenvalue weighted by Gasteiger charge is 2.38. The second-order valence-corrected chi connectivity index (χ2v) is 10.00. The molecular formula is C15H24N2O5S2. The third kappa shape index (κ3) is 3.58. The molecule has 1 fully saturated rings. The van der Waals surface area contributed by atoms with Gasteiger partial charge in [-0.3, -0.25) is 0 Å². The SMILES string of the molecule is COc1ccc(S(C)(=O)=O)cc1S(=O)(=O)N1CCCC(C)C1CN. The molecule has 0 bridgehead atoms. The van der Waals surface area contributed by atoms with Crippen molar-refractivity contribution in [3.63, 3.8) is 0 Å². The number of nitrogens with zero attached hydrogens (tertiary/aromatic N) is 1. The first-order chi connectivity index (χ1) is 11.1. The molecule has 1 aromatic rings. The third-order valence-corrected chi connectivity index (χ3v) is 7.51. The van der Waals surface area contributed by atoms with Crippen LogP contribution in [0.1, 0.15) is 19.8 Å². The van der Waals surface area contributed by atoms with E-state index < -0.39 is 19.9 Å². The van der Waals surface area contributed by atoms with Crippen LogP contribution in [0, 0.1) is 5.92 Å². The van der Waals surface area contributed by atoms with Crippen molar-refractivity contribution in [1.29, 1.82) is 0 Å². The number of nitrogens with two attached hydrogens (primary N) is 1. The molecule has 136 valence electrons. The second kappa shape index (κ2) is 6.99. The Bertz CT molecular complexity index is 805. The number of hydrogen-bond acceptors (Lipinski definition) is 6. The molecule has 1 aromatic carbocycles. The first kappa shape index (κ1) is 19.2. The van der Waals surface area contributed by atoms with E-state index in [9.17, 15) is 16.8 Å². The number of ether oxygens (including phenoxy) is 1. The number of piperidine rings is 1. The second-order valence-electron chi connectivity index (χ2n) is 6.12. The van der Waals surface area contributed by atoms with Crippen LogP contribution < -0.4 is 10.5 Å². The lowest BCUT2D eigenvalue weighted by Crippen LogP contribution is -2.51. The molecule has 9 heteroatoms. The number of rotatable bonds is 5. The van der Waals surface area contributed by atoms with Gasteiger partial charge in [0.1, 0.15) is 10.6 Å². The first-order valence-electron chi connectivity index (χ1n) is 7.73. The summed E-state index contributed by atoms with van der Waals surface area (Å²) in [5.74, 6) is 0.263. The van der Waals surface area contributed by atoms with Crippen LogP contribution >= 0.6 is 0 Å². The van der Waals surface area contributed by atoms with Gasteiger partial charge >= 0.3 is 0 Å². The highest BCUT2D eigenvalue weighted by Crippen LogP contribution is 2.34. The standard InChI is InChI=1S/C15H24N2O5S2/c1-11-5-4-8-17(13(11)10-16)24(20,21)15-9-12(23(3,18)19)6-7-14(15)22-2/h6-7,9,11,13H,4-5,8,10,16H2,1-3H3. The van der Waals surface area contributed by atoms with E-state index in [4.69, 9.17) is 10.5 Å². The Hall–Kier alpha value is -1.16. The fraction of sp³-hybridized carbons (Fsp3) is 0.600. The van der Waals surface area contributed by atoms with E-state index in [1.807, 2.05) is 6.92 Å². The van der Waals surface area contributed by atoms with Crippen molar-refractivity contribution in [1.82, 2.24) is 4.31 Å². The van der Waals surface area contributed by atoms with Crippen molar-refractivity contribution in [2.45, 2.75) is 35.6 Å². The maximum Gasteiger partial charge on any atom is 0.247 e. The zero-order chi connectivity index (χ0) is 18.1. The monoisotopic (exact) mass is 376 g/mol. The number of methoxy groups -OCH3 is 1. The summed E-state index contributed by atoms with van der Waals surface area (Å²) in [6.07, 6.45) is 2.69. The van der Waals surface area contributed by atoms with E-state index >= 15 is 0 Å². The van der Waals surface area contributed by atoms with Crippen molar-refractivity contribution in [3.8, 4) is 5.75 Å². The molecule has 7 nitrogen and oxygen atoms in total. The highest BCUT2D eigenvalue weighted by atomic mass is 32.2. The van der Waals surface area contributed by atoms with Crippen molar-refractivity contribution in [2.24, 2.45) is 11.7 Å². The average molecular weight is 377 g/mol. The lowest BCUT2D eigenvalue weighted by molar-refractivity contribution is 0.192. The van der Waals surface area contributed by atoms with E-state index in [1.165, 1.54) is 23.5 Å². The lowest BCUT2D eigenvalue weighted by Gasteiger charge is -2.38. The Balaban J connectivity index is 2.59. The summed E-state index contributed by atoms with van der Waals surface area (Å²) in [4.78, 5) is -0.197. The van der Waals surface area contributed by atoms with Crippen molar-refractivity contribution < 1.29 is 21.6 Å². The zero-order valence-corrected chi connectivity index (χ0v) is 15.7. The summed E-state index contributed by atoms with van der Waals surface area (Å²) in [7, 11) is -6.10. The minimum absolute atomic E-state index is 0.0590. The van der Waals surface area contributed by atoms with Crippen LogP contribution in [0.3, 0.4) is 0 Å². The number of benzene rings is 1. The summed E-state index contributed by atoms with van der Waals surface area (Å²) in [6.45, 7) is 2.55. The fourth-order valence-corrected chi connectivity index (χ4v) is 5.75. The number of hydrogen-bond donors (Lipinski definition) is 1. The van der Waals surface area contributed by atoms with E-state index in [0.717, 1.165) is 25.2 Å². The van der Waals surface area contributed by atoms with Gasteiger partial charge in [0.2, 0.25) is 10.0 Å². The van der Waals surface area contributed by atoms with Gasteiger partial charge in [0.25, 0.3) is 0 Å². The van der Waals surface area contributed by atoms with Crippen LogP contribution in [-0.4, -0.2) is 53.6 Å². The Morgan fingerprint density at radius 1 is 1.29 bits per heavy atom. The molecule has 1 saturated heterocycles. The van der Waals surface area contributed by atoms with Crippen molar-refractivity contribution in [3.05, 3.63) is 18.2 Å². The summed E-state index contributed by atoms with van der Waals surface area (Å²) in [6, 6.07) is 3.56. The van der Waals surface area contributed by atoms with Gasteiger partial charge in [-0.05, 0) is 37.0 Å². The molecule has 1 aliphatic heterocycles. The van der Waals surface area contributed by atoms with Gasteiger partial charge in [-0.15, -0.1) is 0 Å². The molecule has 2 N–H and O–H groups in total. The Morgan fingerprint density at radius 2 is 1.96 bits per heavy atom. The molecule has 1 heterocycles. The quantitative estimate of drug-likeness (QED) is 0.816. The maximum absolute atomic E-state index is 13.2. The van der Waals surface area contributed by atoms with E-state index in [1.54, 1.807) is 0 Å². The Kier molecular flexibility index (Phi) is 5.58. The van der Waals surface area contributed by atoms with E-state index in [-0.39, 0.29) is 34.0 Å². The lowest BCUT2D eigenvalue weighted by atomic mass is 9.93. The smallest absolute Gasteiger partial charge is 0.247 e. The predicted octanol–water partition coefficient (Wildman–Crippen LogP) is 0.847. The van der Waals surface area contributed by atoms with Crippen LogP contribution in [-0.2, 0) is 19.9 Å². The van der Waals surface area contributed by atoms with Gasteiger partial charge in [0, 0.05) is 25.4 Å². The van der Waals surface area contributed by atoms with Gasteiger partial charge in [-0.1, -0.05) is 6.92 Å². The van der Waals surface area contributed by atoms with Gasteiger partial charge < -0.3 is 10.5 Å². The molecule has 2 unspecified atom stereocenters. The molecule has 0 amide bonds. The molecule has 0 radical (unpaired) electrons. The molecule has 24 heavy (non-hydrogen) atoms. The van der Waals surface area contributed by atoms with Crippen molar-refractivity contribution in [2.75, 3.05) is 26.5 Å². The summed E-state index contributed by atoms with van der Waals surface area (Å²) in [5.41, 5.74) is 5.80. The number of sulfonamides is 1. The molecule has 0 aromatic heterocycles. The third-order valence-electron chi connectivity index (χ3n) is 4.46. The van der Waals surface area contributed by atoms with E-state index in [0.29, 0.717) is 6.54 Å². The fourth-order valence-electron chi connectivity index (χ4n) is 3.08. The Labute approximate surface area is 143 Å². The molecule has 2 atom stereocenters. The molecule has 1 aliphatic rings. The largest absolute Gasteiger partial charge is 0.495 e. The molecule has 0 saturated carbocycles. The topological polar surface area (TPSA) is 107 Å². The molecule has 0 spiro atoms. The average Bonchev–Trinajstić information content (AvgIpc) is 2.53. The minimum atomic E-state index is -3.92. The molecular weight excluding hydrogens is 352 g/mol. The number of sulfone groups is 1. The predicted molar refractivity (Wildman–Crippen MR) is 91.2 cm³/mol. The van der Waals surface area contributed by atoms with E-state index in [2.05, 4.69) is 0 Å². The summed E-state index contributed by atoms with van der Waals surface area (Å²) < 4.78 is 56.4. The van der Waals surface area contributed by atoms with Crippen LogP contribution in [0.25, 0.3) is 0 Å². The van der Waals surface area contributed by atoms with Crippen LogP contribution in [0.5, 0.6) is 5.75 Å². The maximum atomic E-state index is 13.2. The van der Waals surface area contributed by atoms with Crippen molar-refractivity contribution >= 4 is 19.9 Å². The molecule has 0 aliphatic carbocycles. The summed E-state index contributed by atoms with van der Waals surface area (Å²) in [5, 5.41) is 0. The van der Waals surface area contributed by atoms with Gasteiger partial charge in [-0.2, -0.15) is 4.31 Å². The highest BCUT2D eigenvalue weighted by molar-refractivity contribution is 7.91. The van der Waals surface area contributed by atoms with Gasteiger partial charge in [0.15, 0.2) is 9.84 Å². The molecule has 2 rings (SSSR count). The summed E-state index contributed by atoms with van der Waals surface area (Å²) >= 11 is 0. The normalized spacial score (nSPS) is 23.2. The minimum Gasteiger partial charge on any atom is -0.495 e. The zero-order valence-electron chi connectivity index (χ0n) is 14.1. The van der Waals surface area contributed by atoms with Crippen LogP contribution in [0.15, 0.2) is 28.0 Å². The van der Waals surface area contributed by atoms with Gasteiger partial charge in [-0.25, -0.2) is 16.8 Å². The van der Waals surface area contributed by atoms with Gasteiger partial charge in [0.05, 0.1) is 12.0 Å².